The maximum absolute atomic E-state index is 5.78. The van der Waals surface area contributed by atoms with Crippen LogP contribution in [0.15, 0.2) is 36.4 Å². The maximum Gasteiger partial charge on any atom is 0.180 e. The Labute approximate surface area is 190 Å². The van der Waals surface area contributed by atoms with Crippen molar-refractivity contribution >= 4 is 24.4 Å². The third-order valence-corrected chi connectivity index (χ3v) is 7.99. The van der Waals surface area contributed by atoms with Crippen LogP contribution in [0.3, 0.4) is 0 Å². The summed E-state index contributed by atoms with van der Waals surface area (Å²) in [6.07, 6.45) is 13.2. The third-order valence-electron chi connectivity index (χ3n) is 7.99. The molecule has 2 aromatic carbocycles. The van der Waals surface area contributed by atoms with Crippen LogP contribution < -0.4 is 20.4 Å². The predicted octanol–water partition coefficient (Wildman–Crippen LogP) is 5.80. The molecule has 0 aliphatic carbocycles. The van der Waals surface area contributed by atoms with Gasteiger partial charge in [-0.2, -0.15) is 0 Å². The van der Waals surface area contributed by atoms with Gasteiger partial charge in [0, 0.05) is 5.41 Å². The SMILES string of the molecule is COc1ccc(C(C)(C)c2ccc(OC)c(B3CCCCC3)c2)cc1B1CCCCC1. The van der Waals surface area contributed by atoms with Gasteiger partial charge in [-0.25, -0.2) is 0 Å². The van der Waals surface area contributed by atoms with Crippen LogP contribution in [0.5, 0.6) is 11.5 Å². The van der Waals surface area contributed by atoms with Gasteiger partial charge in [0.25, 0.3) is 0 Å². The van der Waals surface area contributed by atoms with Crippen LogP contribution in [0.4, 0.5) is 0 Å². The van der Waals surface area contributed by atoms with Crippen molar-refractivity contribution in [2.24, 2.45) is 0 Å². The molecule has 0 N–H and O–H groups in total. The lowest BCUT2D eigenvalue weighted by molar-refractivity contribution is 0.417. The summed E-state index contributed by atoms with van der Waals surface area (Å²) in [5.41, 5.74) is 5.52. The Morgan fingerprint density at radius 1 is 0.613 bits per heavy atom. The highest BCUT2D eigenvalue weighted by Gasteiger charge is 2.30. The van der Waals surface area contributed by atoms with Crippen LogP contribution in [0.2, 0.25) is 25.3 Å². The molecule has 2 saturated heterocycles. The number of benzene rings is 2. The average Bonchev–Trinajstić information content (AvgIpc) is 2.84. The first-order chi connectivity index (χ1) is 15.0. The molecule has 4 heteroatoms. The van der Waals surface area contributed by atoms with Crippen LogP contribution in [0, 0.1) is 0 Å². The van der Waals surface area contributed by atoms with Crippen molar-refractivity contribution in [2.75, 3.05) is 14.2 Å². The quantitative estimate of drug-likeness (QED) is 0.554. The molecule has 2 aliphatic rings. The molecule has 0 unspecified atom stereocenters. The number of methoxy groups -OCH3 is 2. The Bertz CT molecular complexity index is 809. The molecule has 0 aromatic heterocycles. The first kappa shape index (κ1) is 22.4. The first-order valence-electron chi connectivity index (χ1n) is 12.4. The fourth-order valence-corrected chi connectivity index (χ4v) is 5.88. The number of hydrogen-bond donors (Lipinski definition) is 0. The standard InChI is InChI=1S/C27H38B2O2/c1-27(2,21-11-13-25(30-3)23(19-21)28-15-7-5-8-16-28)22-12-14-26(31-4)24(20-22)29-17-9-6-10-18-29/h11-14,19-20H,5-10,15-18H2,1-4H3. The minimum atomic E-state index is -0.0641. The monoisotopic (exact) mass is 416 g/mol. The van der Waals surface area contributed by atoms with Gasteiger partial charge in [-0.05, 0) is 34.2 Å². The van der Waals surface area contributed by atoms with Crippen molar-refractivity contribution in [1.82, 2.24) is 0 Å². The van der Waals surface area contributed by atoms with E-state index in [2.05, 4.69) is 50.2 Å². The van der Waals surface area contributed by atoms with E-state index in [1.165, 1.54) is 85.9 Å². The van der Waals surface area contributed by atoms with E-state index in [0.717, 1.165) is 11.5 Å². The molecule has 2 nitrogen and oxygen atoms in total. The summed E-state index contributed by atoms with van der Waals surface area (Å²) >= 11 is 0. The molecular formula is C27H38B2O2. The lowest BCUT2D eigenvalue weighted by atomic mass is 9.37. The normalized spacial score (nSPS) is 17.5. The van der Waals surface area contributed by atoms with Crippen molar-refractivity contribution in [1.29, 1.82) is 0 Å². The highest BCUT2D eigenvalue weighted by Crippen LogP contribution is 2.34. The number of ether oxygens (including phenoxy) is 2. The molecular weight excluding hydrogens is 378 g/mol. The van der Waals surface area contributed by atoms with Crippen molar-refractivity contribution in [3.8, 4) is 11.5 Å². The van der Waals surface area contributed by atoms with E-state index < -0.39 is 0 Å². The van der Waals surface area contributed by atoms with Crippen LogP contribution in [-0.2, 0) is 5.41 Å². The summed E-state index contributed by atoms with van der Waals surface area (Å²) in [5.74, 6) is 2.12. The molecule has 2 aromatic rings. The lowest BCUT2D eigenvalue weighted by Gasteiger charge is -2.30. The van der Waals surface area contributed by atoms with Gasteiger partial charge in [-0.1, -0.05) is 102 Å². The fraction of sp³-hybridized carbons (Fsp3) is 0.556. The predicted molar refractivity (Wildman–Crippen MR) is 136 cm³/mol. The van der Waals surface area contributed by atoms with Crippen molar-refractivity contribution in [3.63, 3.8) is 0 Å². The van der Waals surface area contributed by atoms with Crippen LogP contribution >= 0.6 is 0 Å². The van der Waals surface area contributed by atoms with Crippen molar-refractivity contribution < 1.29 is 9.47 Å². The Morgan fingerprint density at radius 3 is 1.35 bits per heavy atom. The van der Waals surface area contributed by atoms with Crippen molar-refractivity contribution in [3.05, 3.63) is 47.5 Å². The zero-order valence-corrected chi connectivity index (χ0v) is 20.0. The molecule has 4 rings (SSSR count). The second-order valence-electron chi connectivity index (χ2n) is 10.2. The molecule has 2 fully saturated rings. The van der Waals surface area contributed by atoms with Gasteiger partial charge in [0.15, 0.2) is 13.4 Å². The van der Waals surface area contributed by atoms with Crippen molar-refractivity contribution in [2.45, 2.75) is 83.1 Å². The van der Waals surface area contributed by atoms with Crippen LogP contribution in [0.25, 0.3) is 0 Å². The molecule has 0 atom stereocenters. The Kier molecular flexibility index (Phi) is 7.04. The molecule has 0 bridgehead atoms. The molecule has 164 valence electrons. The van der Waals surface area contributed by atoms with Crippen LogP contribution in [-0.4, -0.2) is 27.6 Å². The first-order valence-corrected chi connectivity index (χ1v) is 12.4. The summed E-state index contributed by atoms with van der Waals surface area (Å²) in [6, 6.07) is 13.8. The topological polar surface area (TPSA) is 18.5 Å². The minimum Gasteiger partial charge on any atom is -0.497 e. The van der Waals surface area contributed by atoms with E-state index in [0.29, 0.717) is 13.4 Å². The van der Waals surface area contributed by atoms with Gasteiger partial charge >= 0.3 is 0 Å². The van der Waals surface area contributed by atoms with E-state index in [9.17, 15) is 0 Å². The summed E-state index contributed by atoms with van der Waals surface area (Å²) < 4.78 is 11.6. The Balaban J connectivity index is 1.70. The van der Waals surface area contributed by atoms with E-state index >= 15 is 0 Å². The smallest absolute Gasteiger partial charge is 0.180 e. The molecule has 31 heavy (non-hydrogen) atoms. The molecule has 0 amide bonds. The molecule has 0 radical (unpaired) electrons. The van der Waals surface area contributed by atoms with E-state index in [-0.39, 0.29) is 5.41 Å². The largest absolute Gasteiger partial charge is 0.497 e. The molecule has 2 heterocycles. The average molecular weight is 416 g/mol. The highest BCUT2D eigenvalue weighted by molar-refractivity contribution is 6.74. The van der Waals surface area contributed by atoms with Gasteiger partial charge in [0.05, 0.1) is 14.2 Å². The molecule has 0 spiro atoms. The number of hydrogen-bond acceptors (Lipinski definition) is 2. The maximum atomic E-state index is 5.78. The van der Waals surface area contributed by atoms with Crippen LogP contribution in [0.1, 0.15) is 63.5 Å². The second-order valence-corrected chi connectivity index (χ2v) is 10.2. The van der Waals surface area contributed by atoms with Gasteiger partial charge < -0.3 is 9.47 Å². The Hall–Kier alpha value is -1.83. The lowest BCUT2D eigenvalue weighted by Crippen LogP contribution is -2.36. The molecule has 0 saturated carbocycles. The zero-order chi connectivity index (χ0) is 21.8. The van der Waals surface area contributed by atoms with E-state index in [1.807, 2.05) is 14.2 Å². The summed E-state index contributed by atoms with van der Waals surface area (Å²) in [6.45, 7) is 6.00. The Morgan fingerprint density at radius 2 is 1.00 bits per heavy atom. The highest BCUT2D eigenvalue weighted by atomic mass is 16.5. The third kappa shape index (κ3) is 4.69. The number of rotatable bonds is 6. The van der Waals surface area contributed by atoms with E-state index in [1.54, 1.807) is 0 Å². The minimum absolute atomic E-state index is 0.0641. The zero-order valence-electron chi connectivity index (χ0n) is 20.0. The van der Waals surface area contributed by atoms with Gasteiger partial charge in [-0.15, -0.1) is 0 Å². The summed E-state index contributed by atoms with van der Waals surface area (Å²) in [4.78, 5) is 0. The summed E-state index contributed by atoms with van der Waals surface area (Å²) in [7, 11) is 3.62. The van der Waals surface area contributed by atoms with Gasteiger partial charge in [0.1, 0.15) is 11.5 Å². The second kappa shape index (κ2) is 9.76. The van der Waals surface area contributed by atoms with E-state index in [4.69, 9.17) is 9.47 Å². The van der Waals surface area contributed by atoms with Gasteiger partial charge in [0.2, 0.25) is 0 Å². The summed E-state index contributed by atoms with van der Waals surface area (Å²) in [5, 5.41) is 0. The fourth-order valence-electron chi connectivity index (χ4n) is 5.88. The van der Waals surface area contributed by atoms with Gasteiger partial charge in [-0.3, -0.25) is 0 Å². The molecule has 2 aliphatic heterocycles.